The zero-order valence-electron chi connectivity index (χ0n) is 12.3. The first-order valence-corrected chi connectivity index (χ1v) is 6.57. The number of nitrogens with one attached hydrogen (secondary N) is 2. The van der Waals surface area contributed by atoms with Gasteiger partial charge in [0.1, 0.15) is 5.69 Å². The molecule has 0 spiro atoms. The molecule has 2 N–H and O–H groups in total. The van der Waals surface area contributed by atoms with Crippen molar-refractivity contribution in [1.82, 2.24) is 15.1 Å². The number of nitrogens with zero attached hydrogens (tertiary/aromatic N) is 3. The van der Waals surface area contributed by atoms with E-state index in [4.69, 9.17) is 0 Å². The van der Waals surface area contributed by atoms with Gasteiger partial charge in [-0.05, 0) is 12.3 Å². The highest BCUT2D eigenvalue weighted by molar-refractivity contribution is 5.81. The molecule has 0 saturated carbocycles. The van der Waals surface area contributed by atoms with Crippen molar-refractivity contribution in [2.75, 3.05) is 18.4 Å². The van der Waals surface area contributed by atoms with E-state index in [2.05, 4.69) is 15.7 Å². The van der Waals surface area contributed by atoms with Crippen molar-refractivity contribution in [2.24, 2.45) is 13.0 Å². The average Bonchev–Trinajstić information content (AvgIpc) is 2.70. The van der Waals surface area contributed by atoms with E-state index < -0.39 is 4.92 Å². The summed E-state index contributed by atoms with van der Waals surface area (Å²) in [6.07, 6.45) is 0.464. The number of hydrogen-bond donors (Lipinski definition) is 2. The van der Waals surface area contributed by atoms with E-state index in [-0.39, 0.29) is 24.0 Å². The highest BCUT2D eigenvalue weighted by atomic mass is 16.6. The summed E-state index contributed by atoms with van der Waals surface area (Å²) in [5, 5.41) is 20.7. The summed E-state index contributed by atoms with van der Waals surface area (Å²) in [5.41, 5.74) is 0.342. The smallest absolute Gasteiger partial charge is 0.333 e. The first kappa shape index (κ1) is 15.9. The highest BCUT2D eigenvalue weighted by Gasteiger charge is 2.25. The molecule has 8 nitrogen and oxygen atoms in total. The summed E-state index contributed by atoms with van der Waals surface area (Å²) in [7, 11) is 1.61. The summed E-state index contributed by atoms with van der Waals surface area (Å²) in [4.78, 5) is 22.2. The van der Waals surface area contributed by atoms with Gasteiger partial charge in [-0.3, -0.25) is 14.9 Å². The Bertz CT molecular complexity index is 496. The maximum absolute atomic E-state index is 11.6. The molecule has 0 fully saturated rings. The molecule has 1 aromatic heterocycles. The van der Waals surface area contributed by atoms with Crippen molar-refractivity contribution in [3.05, 3.63) is 15.8 Å². The van der Waals surface area contributed by atoms with Crippen LogP contribution >= 0.6 is 0 Å². The van der Waals surface area contributed by atoms with Gasteiger partial charge in [0.2, 0.25) is 11.7 Å². The van der Waals surface area contributed by atoms with Crippen LogP contribution in [-0.4, -0.2) is 33.7 Å². The van der Waals surface area contributed by atoms with Gasteiger partial charge >= 0.3 is 5.69 Å². The summed E-state index contributed by atoms with van der Waals surface area (Å²) in [5.74, 6) is 0.412. The largest absolute Gasteiger partial charge is 0.355 e. The van der Waals surface area contributed by atoms with E-state index in [1.807, 2.05) is 13.8 Å². The third kappa shape index (κ3) is 3.94. The molecule has 0 bridgehead atoms. The Morgan fingerprint density at radius 1 is 1.50 bits per heavy atom. The second kappa shape index (κ2) is 6.88. The van der Waals surface area contributed by atoms with Crippen molar-refractivity contribution >= 4 is 17.4 Å². The zero-order valence-corrected chi connectivity index (χ0v) is 12.3. The van der Waals surface area contributed by atoms with Gasteiger partial charge in [0.05, 0.1) is 11.5 Å². The standard InChI is InChI=1S/C12H21N5O3/c1-5-9-11(17(19)20)12(16(4)15-9)14-7-10(18)13-6-8(2)3/h8,14H,5-7H2,1-4H3,(H,13,18). The van der Waals surface area contributed by atoms with Gasteiger partial charge in [-0.2, -0.15) is 5.10 Å². The van der Waals surface area contributed by atoms with E-state index in [0.29, 0.717) is 24.6 Å². The number of anilines is 1. The lowest BCUT2D eigenvalue weighted by Gasteiger charge is -2.09. The monoisotopic (exact) mass is 283 g/mol. The van der Waals surface area contributed by atoms with Crippen LogP contribution < -0.4 is 10.6 Å². The van der Waals surface area contributed by atoms with Crippen molar-refractivity contribution < 1.29 is 9.72 Å². The molecule has 0 aliphatic heterocycles. The van der Waals surface area contributed by atoms with Crippen LogP contribution in [0.2, 0.25) is 0 Å². The van der Waals surface area contributed by atoms with Crippen molar-refractivity contribution in [2.45, 2.75) is 27.2 Å². The van der Waals surface area contributed by atoms with E-state index >= 15 is 0 Å². The number of aromatic nitrogens is 2. The van der Waals surface area contributed by atoms with Crippen LogP contribution in [0.1, 0.15) is 26.5 Å². The fourth-order valence-corrected chi connectivity index (χ4v) is 1.74. The molecule has 20 heavy (non-hydrogen) atoms. The molecule has 8 heteroatoms. The molecular formula is C12H21N5O3. The maximum atomic E-state index is 11.6. The van der Waals surface area contributed by atoms with E-state index in [9.17, 15) is 14.9 Å². The van der Waals surface area contributed by atoms with Crippen LogP contribution in [0.5, 0.6) is 0 Å². The van der Waals surface area contributed by atoms with Crippen LogP contribution in [0.15, 0.2) is 0 Å². The summed E-state index contributed by atoms with van der Waals surface area (Å²) < 4.78 is 1.40. The third-order valence-electron chi connectivity index (χ3n) is 2.73. The fourth-order valence-electron chi connectivity index (χ4n) is 1.74. The Balaban J connectivity index is 2.75. The topological polar surface area (TPSA) is 102 Å². The Morgan fingerprint density at radius 2 is 2.15 bits per heavy atom. The lowest BCUT2D eigenvalue weighted by Crippen LogP contribution is -2.32. The number of amides is 1. The molecule has 0 radical (unpaired) electrons. The Labute approximate surface area is 117 Å². The first-order chi connectivity index (χ1) is 9.36. The van der Waals surface area contributed by atoms with Gasteiger partial charge in [-0.1, -0.05) is 20.8 Å². The van der Waals surface area contributed by atoms with Crippen molar-refractivity contribution in [1.29, 1.82) is 0 Å². The van der Waals surface area contributed by atoms with Crippen molar-refractivity contribution in [3.63, 3.8) is 0 Å². The van der Waals surface area contributed by atoms with Crippen LogP contribution in [-0.2, 0) is 18.3 Å². The fraction of sp³-hybridized carbons (Fsp3) is 0.667. The molecule has 112 valence electrons. The normalized spacial score (nSPS) is 10.7. The number of nitro groups is 1. The summed E-state index contributed by atoms with van der Waals surface area (Å²) in [6, 6.07) is 0. The molecule has 1 rings (SSSR count). The second-order valence-corrected chi connectivity index (χ2v) is 4.93. The molecule has 0 aromatic carbocycles. The minimum Gasteiger partial charge on any atom is -0.355 e. The van der Waals surface area contributed by atoms with Crippen LogP contribution in [0, 0.1) is 16.0 Å². The summed E-state index contributed by atoms with van der Waals surface area (Å²) >= 11 is 0. The summed E-state index contributed by atoms with van der Waals surface area (Å²) in [6.45, 7) is 6.35. The molecule has 0 saturated heterocycles. The molecule has 0 unspecified atom stereocenters. The Hall–Kier alpha value is -2.12. The maximum Gasteiger partial charge on any atom is 0.333 e. The average molecular weight is 283 g/mol. The number of rotatable bonds is 7. The lowest BCUT2D eigenvalue weighted by atomic mass is 10.2. The second-order valence-electron chi connectivity index (χ2n) is 4.93. The molecule has 1 amide bonds. The third-order valence-corrected chi connectivity index (χ3v) is 2.73. The van der Waals surface area contributed by atoms with E-state index in [1.54, 1.807) is 14.0 Å². The lowest BCUT2D eigenvalue weighted by molar-refractivity contribution is -0.384. The molecule has 0 atom stereocenters. The van der Waals surface area contributed by atoms with Crippen LogP contribution in [0.3, 0.4) is 0 Å². The number of carbonyl (C=O) groups is 1. The van der Waals surface area contributed by atoms with Crippen LogP contribution in [0.25, 0.3) is 0 Å². The molecular weight excluding hydrogens is 262 g/mol. The van der Waals surface area contributed by atoms with Gasteiger partial charge in [-0.15, -0.1) is 0 Å². The van der Waals surface area contributed by atoms with E-state index in [1.165, 1.54) is 4.68 Å². The van der Waals surface area contributed by atoms with Crippen molar-refractivity contribution in [3.8, 4) is 0 Å². The molecule has 1 aromatic rings. The Morgan fingerprint density at radius 3 is 2.65 bits per heavy atom. The minimum atomic E-state index is -0.472. The quantitative estimate of drug-likeness (QED) is 0.575. The Kier molecular flexibility index (Phi) is 5.48. The highest BCUT2D eigenvalue weighted by Crippen LogP contribution is 2.27. The van der Waals surface area contributed by atoms with Gasteiger partial charge in [-0.25, -0.2) is 4.68 Å². The number of carbonyl (C=O) groups excluding carboxylic acids is 1. The predicted octanol–water partition coefficient (Wildman–Crippen LogP) is 1.07. The zero-order chi connectivity index (χ0) is 15.3. The van der Waals surface area contributed by atoms with Gasteiger partial charge in [0.15, 0.2) is 0 Å². The SMILES string of the molecule is CCc1nn(C)c(NCC(=O)NCC(C)C)c1[N+](=O)[O-]. The first-order valence-electron chi connectivity index (χ1n) is 6.57. The number of hydrogen-bond acceptors (Lipinski definition) is 5. The van der Waals surface area contributed by atoms with E-state index in [0.717, 1.165) is 0 Å². The van der Waals surface area contributed by atoms with Gasteiger partial charge in [0, 0.05) is 13.6 Å². The number of aryl methyl sites for hydroxylation is 2. The van der Waals surface area contributed by atoms with Gasteiger partial charge in [0.25, 0.3) is 0 Å². The predicted molar refractivity (Wildman–Crippen MR) is 75.6 cm³/mol. The minimum absolute atomic E-state index is 0.0176. The molecule has 1 heterocycles. The van der Waals surface area contributed by atoms with Gasteiger partial charge < -0.3 is 10.6 Å². The molecule has 0 aliphatic rings. The van der Waals surface area contributed by atoms with Crippen LogP contribution in [0.4, 0.5) is 11.5 Å². The molecule has 0 aliphatic carbocycles.